The van der Waals surface area contributed by atoms with Gasteiger partial charge in [-0.3, -0.25) is 4.79 Å². The maximum Gasteiger partial charge on any atom is 0.225 e. The van der Waals surface area contributed by atoms with Crippen LogP contribution in [0.4, 0.5) is 5.69 Å². The predicted octanol–water partition coefficient (Wildman–Crippen LogP) is 2.36. The van der Waals surface area contributed by atoms with Crippen molar-refractivity contribution in [2.75, 3.05) is 11.9 Å². The molecular weight excluding hydrogens is 235 g/mol. The first-order valence-corrected chi connectivity index (χ1v) is 4.77. The lowest BCUT2D eigenvalue weighted by Gasteiger charge is -2.07. The summed E-state index contributed by atoms with van der Waals surface area (Å²) in [5.41, 5.74) is 7.00. The second-order valence-electron chi connectivity index (χ2n) is 3.05. The molecule has 0 bridgehead atoms. The Balaban J connectivity index is 0.00000196. The lowest BCUT2D eigenvalue weighted by Crippen LogP contribution is -2.16. The van der Waals surface area contributed by atoms with Crippen molar-refractivity contribution in [3.05, 3.63) is 28.8 Å². The molecule has 0 radical (unpaired) electrons. The molecule has 0 fully saturated rings. The Bertz CT molecular complexity index is 342. The van der Waals surface area contributed by atoms with Crippen LogP contribution in [0.15, 0.2) is 18.2 Å². The molecule has 1 aromatic rings. The van der Waals surface area contributed by atoms with Crippen molar-refractivity contribution < 1.29 is 4.79 Å². The van der Waals surface area contributed by atoms with Gasteiger partial charge in [0.05, 0.1) is 0 Å². The maximum absolute atomic E-state index is 11.2. The summed E-state index contributed by atoms with van der Waals surface area (Å²) in [6, 6.07) is 5.33. The molecule has 1 aromatic carbocycles. The highest BCUT2D eigenvalue weighted by molar-refractivity contribution is 6.30. The smallest absolute Gasteiger partial charge is 0.225 e. The van der Waals surface area contributed by atoms with Crippen LogP contribution in [-0.2, 0) is 4.79 Å². The largest absolute Gasteiger partial charge is 0.330 e. The van der Waals surface area contributed by atoms with E-state index in [1.54, 1.807) is 18.2 Å². The van der Waals surface area contributed by atoms with Gasteiger partial charge in [-0.1, -0.05) is 11.6 Å². The van der Waals surface area contributed by atoms with Crippen molar-refractivity contribution in [3.8, 4) is 0 Å². The molecule has 1 rings (SSSR count). The predicted molar refractivity (Wildman–Crippen MR) is 65.7 cm³/mol. The van der Waals surface area contributed by atoms with Crippen LogP contribution in [-0.4, -0.2) is 12.5 Å². The molecule has 0 unspecified atom stereocenters. The third-order valence-corrected chi connectivity index (χ3v) is 2.07. The van der Waals surface area contributed by atoms with E-state index in [-0.39, 0.29) is 18.3 Å². The maximum atomic E-state index is 11.2. The number of nitrogens with two attached hydrogens (primary N) is 1. The molecule has 3 N–H and O–H groups in total. The standard InChI is InChI=1S/C10H13ClN2O.ClH/c1-7-6-8(11)2-3-9(7)13-10(14)4-5-12;/h2-3,6H,4-5,12H2,1H3,(H,13,14);1H. The normalized spacial score (nSPS) is 9.27. The fraction of sp³-hybridized carbons (Fsp3) is 0.300. The van der Waals surface area contributed by atoms with Crippen molar-refractivity contribution in [1.82, 2.24) is 0 Å². The second-order valence-corrected chi connectivity index (χ2v) is 3.48. The SMILES string of the molecule is Cc1cc(Cl)ccc1NC(=O)CCN.Cl. The molecule has 0 aliphatic carbocycles. The number of hydrogen-bond acceptors (Lipinski definition) is 2. The number of anilines is 1. The van der Waals surface area contributed by atoms with Gasteiger partial charge in [0.25, 0.3) is 0 Å². The Hall–Kier alpha value is -0.770. The van der Waals surface area contributed by atoms with E-state index in [4.69, 9.17) is 17.3 Å². The van der Waals surface area contributed by atoms with Gasteiger partial charge in [-0.05, 0) is 30.7 Å². The van der Waals surface area contributed by atoms with E-state index in [1.807, 2.05) is 6.92 Å². The molecule has 0 aromatic heterocycles. The summed E-state index contributed by atoms with van der Waals surface area (Å²) < 4.78 is 0. The lowest BCUT2D eigenvalue weighted by molar-refractivity contribution is -0.116. The summed E-state index contributed by atoms with van der Waals surface area (Å²) in [6.07, 6.45) is 0.335. The van der Waals surface area contributed by atoms with Crippen LogP contribution in [0, 0.1) is 6.92 Å². The van der Waals surface area contributed by atoms with Gasteiger partial charge in [-0.25, -0.2) is 0 Å². The quantitative estimate of drug-likeness (QED) is 0.863. The monoisotopic (exact) mass is 248 g/mol. The number of carbonyl (C=O) groups excluding carboxylic acids is 1. The zero-order valence-electron chi connectivity index (χ0n) is 8.42. The third-order valence-electron chi connectivity index (χ3n) is 1.83. The number of nitrogens with one attached hydrogen (secondary N) is 1. The molecule has 0 spiro atoms. The number of amides is 1. The Labute approximate surface area is 100 Å². The molecule has 0 heterocycles. The van der Waals surface area contributed by atoms with Crippen LogP contribution in [0.1, 0.15) is 12.0 Å². The first-order valence-electron chi connectivity index (χ1n) is 4.39. The van der Waals surface area contributed by atoms with E-state index in [2.05, 4.69) is 5.32 Å². The van der Waals surface area contributed by atoms with Crippen molar-refractivity contribution >= 4 is 35.6 Å². The summed E-state index contributed by atoms with van der Waals surface area (Å²) in [4.78, 5) is 11.2. The highest BCUT2D eigenvalue weighted by Crippen LogP contribution is 2.19. The van der Waals surface area contributed by atoms with Crippen LogP contribution in [0.3, 0.4) is 0 Å². The Morgan fingerprint density at radius 3 is 2.73 bits per heavy atom. The average molecular weight is 249 g/mol. The molecule has 3 nitrogen and oxygen atoms in total. The van der Waals surface area contributed by atoms with Crippen molar-refractivity contribution in [1.29, 1.82) is 0 Å². The van der Waals surface area contributed by atoms with Gasteiger partial charge in [-0.2, -0.15) is 0 Å². The van der Waals surface area contributed by atoms with E-state index in [0.717, 1.165) is 11.3 Å². The third kappa shape index (κ3) is 4.51. The fourth-order valence-electron chi connectivity index (χ4n) is 1.11. The minimum Gasteiger partial charge on any atom is -0.330 e. The van der Waals surface area contributed by atoms with Crippen molar-refractivity contribution in [2.24, 2.45) is 5.73 Å². The number of carbonyl (C=O) groups is 1. The Kier molecular flexibility index (Phi) is 6.32. The highest BCUT2D eigenvalue weighted by Gasteiger charge is 2.03. The summed E-state index contributed by atoms with van der Waals surface area (Å²) in [6.45, 7) is 2.25. The summed E-state index contributed by atoms with van der Waals surface area (Å²) in [5.74, 6) is -0.0714. The van der Waals surface area contributed by atoms with Crippen LogP contribution >= 0.6 is 24.0 Å². The van der Waals surface area contributed by atoms with E-state index < -0.39 is 0 Å². The van der Waals surface area contributed by atoms with Crippen LogP contribution in [0.5, 0.6) is 0 Å². The Morgan fingerprint density at radius 1 is 1.53 bits per heavy atom. The van der Waals surface area contributed by atoms with Gasteiger partial charge >= 0.3 is 0 Å². The number of halogens is 2. The molecule has 0 saturated carbocycles. The van der Waals surface area contributed by atoms with Gasteiger partial charge in [0.15, 0.2) is 0 Å². The molecule has 0 atom stereocenters. The molecule has 1 amide bonds. The molecular formula is C10H14Cl2N2O. The number of benzene rings is 1. The zero-order valence-corrected chi connectivity index (χ0v) is 9.99. The van der Waals surface area contributed by atoms with Crippen molar-refractivity contribution in [2.45, 2.75) is 13.3 Å². The first-order chi connectivity index (χ1) is 6.63. The first kappa shape index (κ1) is 14.2. The molecule has 0 saturated heterocycles. The number of aryl methyl sites for hydroxylation is 1. The van der Waals surface area contributed by atoms with Crippen LogP contribution in [0.25, 0.3) is 0 Å². The summed E-state index contributed by atoms with van der Waals surface area (Å²) in [7, 11) is 0. The molecule has 0 aliphatic heterocycles. The van der Waals surface area contributed by atoms with Gasteiger partial charge in [-0.15, -0.1) is 12.4 Å². The Morgan fingerprint density at radius 2 is 2.20 bits per heavy atom. The summed E-state index contributed by atoms with van der Waals surface area (Å²) in [5, 5.41) is 3.43. The minimum atomic E-state index is -0.0714. The van der Waals surface area contributed by atoms with Crippen LogP contribution < -0.4 is 11.1 Å². The highest BCUT2D eigenvalue weighted by atomic mass is 35.5. The van der Waals surface area contributed by atoms with Gasteiger partial charge in [0.1, 0.15) is 0 Å². The van der Waals surface area contributed by atoms with E-state index in [0.29, 0.717) is 18.0 Å². The van der Waals surface area contributed by atoms with Crippen molar-refractivity contribution in [3.63, 3.8) is 0 Å². The molecule has 0 aliphatic rings. The minimum absolute atomic E-state index is 0. The van der Waals surface area contributed by atoms with Crippen LogP contribution in [0.2, 0.25) is 5.02 Å². The number of hydrogen-bond donors (Lipinski definition) is 2. The van der Waals surface area contributed by atoms with E-state index in [9.17, 15) is 4.79 Å². The topological polar surface area (TPSA) is 55.1 Å². The van der Waals surface area contributed by atoms with E-state index >= 15 is 0 Å². The molecule has 5 heteroatoms. The zero-order chi connectivity index (χ0) is 10.6. The van der Waals surface area contributed by atoms with Gasteiger partial charge in [0.2, 0.25) is 5.91 Å². The summed E-state index contributed by atoms with van der Waals surface area (Å²) >= 11 is 5.78. The molecule has 84 valence electrons. The van der Waals surface area contributed by atoms with Gasteiger partial charge in [0, 0.05) is 23.7 Å². The second kappa shape index (κ2) is 6.67. The lowest BCUT2D eigenvalue weighted by atomic mass is 10.2. The number of rotatable bonds is 3. The van der Waals surface area contributed by atoms with E-state index in [1.165, 1.54) is 0 Å². The average Bonchev–Trinajstić information content (AvgIpc) is 2.10. The van der Waals surface area contributed by atoms with Gasteiger partial charge < -0.3 is 11.1 Å². The molecule has 15 heavy (non-hydrogen) atoms. The fourth-order valence-corrected chi connectivity index (χ4v) is 1.34.